The minimum Gasteiger partial charge on any atom is -0.361 e. The molecule has 2 heterocycles. The molecule has 2 aromatic rings. The van der Waals surface area contributed by atoms with E-state index in [4.69, 9.17) is 9.05 Å². The van der Waals surface area contributed by atoms with Crippen molar-refractivity contribution in [2.24, 2.45) is 0 Å². The second-order valence-electron chi connectivity index (χ2n) is 2.84. The fraction of sp³-hybridized carbons (Fsp3) is 0.375. The van der Waals surface area contributed by atoms with Crippen molar-refractivity contribution in [2.75, 3.05) is 7.05 Å². The summed E-state index contributed by atoms with van der Waals surface area (Å²) in [4.78, 5) is 4.16. The Morgan fingerprint density at radius 3 is 2.93 bits per heavy atom. The van der Waals surface area contributed by atoms with Gasteiger partial charge in [0.25, 0.3) is 5.89 Å². The highest BCUT2D eigenvalue weighted by Crippen LogP contribution is 2.20. The largest absolute Gasteiger partial charge is 0.361 e. The topological polar surface area (TPSA) is 77.0 Å². The highest BCUT2D eigenvalue weighted by molar-refractivity contribution is 5.53. The Morgan fingerprint density at radius 1 is 1.43 bits per heavy atom. The third-order valence-electron chi connectivity index (χ3n) is 1.78. The standard InChI is InChI=1S/C8H10N4O2/c1-5-6(3-10-13-5)8-11-7(4-9-2)12-14-8/h3,9H,4H2,1-2H3. The highest BCUT2D eigenvalue weighted by atomic mass is 16.5. The third kappa shape index (κ3) is 1.51. The quantitative estimate of drug-likeness (QED) is 0.776. The van der Waals surface area contributed by atoms with Crippen LogP contribution in [0.4, 0.5) is 0 Å². The van der Waals surface area contributed by atoms with Crippen LogP contribution < -0.4 is 5.32 Å². The maximum absolute atomic E-state index is 5.04. The molecule has 0 unspecified atom stereocenters. The van der Waals surface area contributed by atoms with E-state index in [0.717, 1.165) is 5.56 Å². The summed E-state index contributed by atoms with van der Waals surface area (Å²) in [6.07, 6.45) is 1.56. The molecule has 2 rings (SSSR count). The Bertz CT molecular complexity index is 420. The summed E-state index contributed by atoms with van der Waals surface area (Å²) in [5.74, 6) is 1.72. The van der Waals surface area contributed by atoms with Crippen LogP contribution in [0.25, 0.3) is 11.5 Å². The van der Waals surface area contributed by atoms with E-state index in [1.54, 1.807) is 13.1 Å². The molecule has 74 valence electrons. The first-order chi connectivity index (χ1) is 6.81. The van der Waals surface area contributed by atoms with E-state index in [2.05, 4.69) is 20.6 Å². The first kappa shape index (κ1) is 8.89. The molecule has 0 aliphatic rings. The molecule has 6 nitrogen and oxygen atoms in total. The van der Waals surface area contributed by atoms with Crippen molar-refractivity contribution in [1.82, 2.24) is 20.6 Å². The number of hydrogen-bond donors (Lipinski definition) is 1. The number of nitrogens with zero attached hydrogens (tertiary/aromatic N) is 3. The zero-order valence-corrected chi connectivity index (χ0v) is 7.94. The van der Waals surface area contributed by atoms with Crippen molar-refractivity contribution in [3.05, 3.63) is 17.8 Å². The predicted molar refractivity (Wildman–Crippen MR) is 47.3 cm³/mol. The van der Waals surface area contributed by atoms with E-state index < -0.39 is 0 Å². The van der Waals surface area contributed by atoms with Gasteiger partial charge >= 0.3 is 0 Å². The fourth-order valence-corrected chi connectivity index (χ4v) is 1.10. The lowest BCUT2D eigenvalue weighted by atomic mass is 10.3. The molecule has 1 N–H and O–H groups in total. The number of rotatable bonds is 3. The second kappa shape index (κ2) is 3.59. The molecule has 0 amide bonds. The number of nitrogens with one attached hydrogen (secondary N) is 1. The van der Waals surface area contributed by atoms with Crippen LogP contribution in [0.15, 0.2) is 15.2 Å². The molecular formula is C8H10N4O2. The molecule has 0 saturated carbocycles. The number of aryl methyl sites for hydroxylation is 1. The van der Waals surface area contributed by atoms with E-state index in [1.165, 1.54) is 0 Å². The Balaban J connectivity index is 2.29. The minimum absolute atomic E-state index is 0.439. The van der Waals surface area contributed by atoms with Crippen LogP contribution in [0, 0.1) is 6.92 Å². The van der Waals surface area contributed by atoms with Crippen LogP contribution in [0.3, 0.4) is 0 Å². The Kier molecular flexibility index (Phi) is 2.28. The highest BCUT2D eigenvalue weighted by Gasteiger charge is 2.13. The fourth-order valence-electron chi connectivity index (χ4n) is 1.10. The predicted octanol–water partition coefficient (Wildman–Crippen LogP) is 0.752. The molecule has 0 aliphatic heterocycles. The summed E-state index contributed by atoms with van der Waals surface area (Å²) in [6.45, 7) is 2.37. The molecule has 14 heavy (non-hydrogen) atoms. The van der Waals surface area contributed by atoms with Gasteiger partial charge in [0.1, 0.15) is 11.3 Å². The number of hydrogen-bond acceptors (Lipinski definition) is 6. The zero-order chi connectivity index (χ0) is 9.97. The van der Waals surface area contributed by atoms with Gasteiger partial charge < -0.3 is 14.4 Å². The van der Waals surface area contributed by atoms with Crippen LogP contribution in [-0.2, 0) is 6.54 Å². The average Bonchev–Trinajstić information content (AvgIpc) is 2.74. The van der Waals surface area contributed by atoms with E-state index in [1.807, 2.05) is 7.05 Å². The summed E-state index contributed by atoms with van der Waals surface area (Å²) in [7, 11) is 1.82. The Hall–Kier alpha value is -1.69. The molecule has 2 aromatic heterocycles. The van der Waals surface area contributed by atoms with Crippen molar-refractivity contribution in [3.8, 4) is 11.5 Å². The first-order valence-corrected chi connectivity index (χ1v) is 4.20. The molecule has 0 saturated heterocycles. The lowest BCUT2D eigenvalue weighted by molar-refractivity contribution is 0.395. The molecule has 0 fully saturated rings. The van der Waals surface area contributed by atoms with Gasteiger partial charge in [0.2, 0.25) is 0 Å². The van der Waals surface area contributed by atoms with Crippen LogP contribution in [0.1, 0.15) is 11.6 Å². The van der Waals surface area contributed by atoms with Crippen LogP contribution in [-0.4, -0.2) is 22.3 Å². The monoisotopic (exact) mass is 194 g/mol. The maximum atomic E-state index is 5.04. The molecule has 0 aliphatic carbocycles. The van der Waals surface area contributed by atoms with Crippen LogP contribution in [0.2, 0.25) is 0 Å². The maximum Gasteiger partial charge on any atom is 0.263 e. The van der Waals surface area contributed by atoms with E-state index in [9.17, 15) is 0 Å². The van der Waals surface area contributed by atoms with Gasteiger partial charge in [-0.1, -0.05) is 10.3 Å². The smallest absolute Gasteiger partial charge is 0.263 e. The summed E-state index contributed by atoms with van der Waals surface area (Å²) in [6, 6.07) is 0. The van der Waals surface area contributed by atoms with Gasteiger partial charge in [0.15, 0.2) is 5.82 Å². The summed E-state index contributed by atoms with van der Waals surface area (Å²) in [5.41, 5.74) is 0.736. The summed E-state index contributed by atoms with van der Waals surface area (Å²) >= 11 is 0. The molecule has 6 heteroatoms. The minimum atomic E-state index is 0.439. The van der Waals surface area contributed by atoms with Gasteiger partial charge in [-0.2, -0.15) is 4.98 Å². The van der Waals surface area contributed by atoms with Crippen molar-refractivity contribution >= 4 is 0 Å². The SMILES string of the molecule is CNCc1noc(-c2cnoc2C)n1. The van der Waals surface area contributed by atoms with E-state index in [0.29, 0.717) is 24.0 Å². The normalized spacial score (nSPS) is 10.7. The average molecular weight is 194 g/mol. The summed E-state index contributed by atoms with van der Waals surface area (Å²) in [5, 5.41) is 10.4. The zero-order valence-electron chi connectivity index (χ0n) is 7.94. The Morgan fingerprint density at radius 2 is 2.29 bits per heavy atom. The molecule has 0 aromatic carbocycles. The molecule has 0 spiro atoms. The van der Waals surface area contributed by atoms with Crippen molar-refractivity contribution < 1.29 is 9.05 Å². The molecular weight excluding hydrogens is 184 g/mol. The van der Waals surface area contributed by atoms with Crippen LogP contribution in [0.5, 0.6) is 0 Å². The van der Waals surface area contributed by atoms with Gasteiger partial charge in [-0.15, -0.1) is 0 Å². The van der Waals surface area contributed by atoms with Gasteiger partial charge in [-0.25, -0.2) is 0 Å². The van der Waals surface area contributed by atoms with E-state index in [-0.39, 0.29) is 0 Å². The Labute approximate surface area is 80.3 Å². The molecule has 0 atom stereocenters. The van der Waals surface area contributed by atoms with Crippen LogP contribution >= 0.6 is 0 Å². The third-order valence-corrected chi connectivity index (χ3v) is 1.78. The first-order valence-electron chi connectivity index (χ1n) is 4.20. The van der Waals surface area contributed by atoms with Crippen molar-refractivity contribution in [3.63, 3.8) is 0 Å². The van der Waals surface area contributed by atoms with Crippen molar-refractivity contribution in [2.45, 2.75) is 13.5 Å². The molecule has 0 bridgehead atoms. The van der Waals surface area contributed by atoms with Gasteiger partial charge in [-0.3, -0.25) is 0 Å². The summed E-state index contributed by atoms with van der Waals surface area (Å²) < 4.78 is 9.94. The number of aromatic nitrogens is 3. The van der Waals surface area contributed by atoms with Gasteiger partial charge in [0, 0.05) is 0 Å². The van der Waals surface area contributed by atoms with Gasteiger partial charge in [-0.05, 0) is 14.0 Å². The second-order valence-corrected chi connectivity index (χ2v) is 2.84. The lowest BCUT2D eigenvalue weighted by Crippen LogP contribution is -2.06. The van der Waals surface area contributed by atoms with E-state index >= 15 is 0 Å². The lowest BCUT2D eigenvalue weighted by Gasteiger charge is -1.87. The van der Waals surface area contributed by atoms with Crippen molar-refractivity contribution in [1.29, 1.82) is 0 Å². The molecule has 0 radical (unpaired) electrons. The van der Waals surface area contributed by atoms with Gasteiger partial charge in [0.05, 0.1) is 12.7 Å².